The topological polar surface area (TPSA) is 23.6 Å². The van der Waals surface area contributed by atoms with Crippen LogP contribution in [0.4, 0.5) is 4.39 Å². The molecular weight excluding hydrogens is 291 g/mol. The van der Waals surface area contributed by atoms with E-state index < -0.39 is 0 Å². The minimum atomic E-state index is -0.207. The number of amides is 1. The largest absolute Gasteiger partial charge is 0.338 e. The second-order valence-electron chi connectivity index (χ2n) is 7.43. The summed E-state index contributed by atoms with van der Waals surface area (Å²) in [6, 6.07) is 7.62. The Hall–Kier alpha value is -1.42. The van der Waals surface area contributed by atoms with Crippen LogP contribution in [-0.2, 0) is 4.79 Å². The van der Waals surface area contributed by atoms with Crippen LogP contribution in [0, 0.1) is 11.7 Å². The molecule has 4 rings (SSSR count). The van der Waals surface area contributed by atoms with Crippen LogP contribution in [0.3, 0.4) is 0 Å². The van der Waals surface area contributed by atoms with Gasteiger partial charge < -0.3 is 9.80 Å². The van der Waals surface area contributed by atoms with Crippen LogP contribution in [0.5, 0.6) is 0 Å². The van der Waals surface area contributed by atoms with Crippen LogP contribution in [0.15, 0.2) is 24.3 Å². The SMILES string of the molecule is CN1CCCC1C1CCCN1C(=O)C1CC1c1ccc(F)cc1. The van der Waals surface area contributed by atoms with Crippen LogP contribution >= 0.6 is 0 Å². The average molecular weight is 316 g/mol. The molecule has 1 aromatic carbocycles. The molecule has 2 aliphatic heterocycles. The number of carbonyl (C=O) groups is 1. The summed E-state index contributed by atoms with van der Waals surface area (Å²) in [7, 11) is 2.19. The summed E-state index contributed by atoms with van der Waals surface area (Å²) in [5.74, 6) is 0.543. The van der Waals surface area contributed by atoms with Gasteiger partial charge in [-0.25, -0.2) is 4.39 Å². The lowest BCUT2D eigenvalue weighted by molar-refractivity contribution is -0.134. The third-order valence-corrected chi connectivity index (χ3v) is 6.01. The average Bonchev–Trinajstić information content (AvgIpc) is 2.99. The number of hydrogen-bond acceptors (Lipinski definition) is 2. The fourth-order valence-corrected chi connectivity index (χ4v) is 4.65. The summed E-state index contributed by atoms with van der Waals surface area (Å²) < 4.78 is 13.1. The van der Waals surface area contributed by atoms with Gasteiger partial charge in [-0.3, -0.25) is 4.79 Å². The van der Waals surface area contributed by atoms with Crippen LogP contribution in [0.25, 0.3) is 0 Å². The van der Waals surface area contributed by atoms with E-state index in [0.717, 1.165) is 37.9 Å². The predicted octanol–water partition coefficient (Wildman–Crippen LogP) is 3.01. The van der Waals surface area contributed by atoms with E-state index in [9.17, 15) is 9.18 Å². The fraction of sp³-hybridized carbons (Fsp3) is 0.632. The first-order valence-electron chi connectivity index (χ1n) is 8.91. The summed E-state index contributed by atoms with van der Waals surface area (Å²) >= 11 is 0. The molecule has 1 saturated carbocycles. The third kappa shape index (κ3) is 2.78. The highest BCUT2D eigenvalue weighted by atomic mass is 19.1. The van der Waals surface area contributed by atoms with Crippen molar-refractivity contribution in [3.63, 3.8) is 0 Å². The third-order valence-electron chi connectivity index (χ3n) is 6.01. The second-order valence-corrected chi connectivity index (χ2v) is 7.43. The molecule has 1 aliphatic carbocycles. The molecule has 1 aromatic rings. The van der Waals surface area contributed by atoms with Gasteiger partial charge in [0, 0.05) is 24.5 Å². The molecule has 3 fully saturated rings. The van der Waals surface area contributed by atoms with Crippen LogP contribution < -0.4 is 0 Å². The number of likely N-dealkylation sites (N-methyl/N-ethyl adjacent to an activating group) is 1. The molecule has 124 valence electrons. The summed E-state index contributed by atoms with van der Waals surface area (Å²) in [5, 5.41) is 0. The highest BCUT2D eigenvalue weighted by Crippen LogP contribution is 2.49. The van der Waals surface area contributed by atoms with E-state index in [0.29, 0.717) is 23.9 Å². The van der Waals surface area contributed by atoms with Gasteiger partial charge in [-0.1, -0.05) is 12.1 Å². The molecule has 0 aromatic heterocycles. The van der Waals surface area contributed by atoms with E-state index in [1.807, 2.05) is 12.1 Å². The van der Waals surface area contributed by atoms with E-state index in [-0.39, 0.29) is 11.7 Å². The van der Waals surface area contributed by atoms with Crippen LogP contribution in [-0.4, -0.2) is 47.9 Å². The maximum Gasteiger partial charge on any atom is 0.226 e. The molecule has 4 unspecified atom stereocenters. The Bertz CT molecular complexity index is 588. The molecule has 0 radical (unpaired) electrons. The van der Waals surface area contributed by atoms with Gasteiger partial charge in [0.15, 0.2) is 0 Å². The van der Waals surface area contributed by atoms with Crippen molar-refractivity contribution in [3.8, 4) is 0 Å². The number of carbonyl (C=O) groups excluding carboxylic acids is 1. The lowest BCUT2D eigenvalue weighted by atomic mass is 10.0. The van der Waals surface area contributed by atoms with Gasteiger partial charge in [-0.2, -0.15) is 0 Å². The standard InChI is InChI=1S/C19H25FN2O/c1-21-10-2-4-17(21)18-5-3-11-22(18)19(23)16-12-15(16)13-6-8-14(20)9-7-13/h6-9,15-18H,2-5,10-12H2,1H3. The van der Waals surface area contributed by atoms with Gasteiger partial charge in [0.25, 0.3) is 0 Å². The van der Waals surface area contributed by atoms with E-state index in [1.54, 1.807) is 0 Å². The molecule has 3 aliphatic rings. The molecule has 2 heterocycles. The van der Waals surface area contributed by atoms with Crippen LogP contribution in [0.2, 0.25) is 0 Å². The number of rotatable bonds is 3. The van der Waals surface area contributed by atoms with Crippen molar-refractivity contribution < 1.29 is 9.18 Å². The van der Waals surface area contributed by atoms with Crippen molar-refractivity contribution in [2.75, 3.05) is 20.1 Å². The quantitative estimate of drug-likeness (QED) is 0.856. The smallest absolute Gasteiger partial charge is 0.226 e. The molecule has 1 amide bonds. The van der Waals surface area contributed by atoms with E-state index in [2.05, 4.69) is 16.8 Å². The van der Waals surface area contributed by atoms with Crippen LogP contribution in [0.1, 0.15) is 43.6 Å². The highest BCUT2D eigenvalue weighted by molar-refractivity contribution is 5.83. The van der Waals surface area contributed by atoms with Crippen molar-refractivity contribution in [3.05, 3.63) is 35.6 Å². The number of benzene rings is 1. The molecule has 4 heteroatoms. The minimum absolute atomic E-state index is 0.118. The maximum atomic E-state index is 13.1. The Morgan fingerprint density at radius 3 is 2.48 bits per heavy atom. The zero-order valence-corrected chi connectivity index (χ0v) is 13.7. The van der Waals surface area contributed by atoms with Gasteiger partial charge in [-0.05, 0) is 69.3 Å². The first-order chi connectivity index (χ1) is 11.1. The van der Waals surface area contributed by atoms with E-state index in [1.165, 1.54) is 25.0 Å². The van der Waals surface area contributed by atoms with E-state index >= 15 is 0 Å². The molecular formula is C19H25FN2O. The van der Waals surface area contributed by atoms with Gasteiger partial charge in [0.05, 0.1) is 0 Å². The van der Waals surface area contributed by atoms with Gasteiger partial charge in [0.2, 0.25) is 5.91 Å². The first-order valence-corrected chi connectivity index (χ1v) is 8.91. The Balaban J connectivity index is 1.44. The van der Waals surface area contributed by atoms with Crippen molar-refractivity contribution in [2.45, 2.75) is 50.1 Å². The lowest BCUT2D eigenvalue weighted by Crippen LogP contribution is -2.47. The Morgan fingerprint density at radius 2 is 1.78 bits per heavy atom. The first kappa shape index (κ1) is 15.1. The Kier molecular flexibility index (Phi) is 3.88. The molecule has 0 spiro atoms. The molecule has 0 bridgehead atoms. The predicted molar refractivity (Wildman–Crippen MR) is 87.6 cm³/mol. The van der Waals surface area contributed by atoms with Gasteiger partial charge in [-0.15, -0.1) is 0 Å². The van der Waals surface area contributed by atoms with Crippen molar-refractivity contribution in [1.82, 2.24) is 9.80 Å². The zero-order valence-electron chi connectivity index (χ0n) is 13.7. The molecule has 2 saturated heterocycles. The van der Waals surface area contributed by atoms with Crippen molar-refractivity contribution >= 4 is 5.91 Å². The zero-order chi connectivity index (χ0) is 16.0. The fourth-order valence-electron chi connectivity index (χ4n) is 4.65. The minimum Gasteiger partial charge on any atom is -0.338 e. The van der Waals surface area contributed by atoms with Crippen molar-refractivity contribution in [2.24, 2.45) is 5.92 Å². The molecule has 4 atom stereocenters. The number of nitrogens with zero attached hydrogens (tertiary/aromatic N) is 2. The summed E-state index contributed by atoms with van der Waals surface area (Å²) in [5.41, 5.74) is 1.11. The summed E-state index contributed by atoms with van der Waals surface area (Å²) in [6.45, 7) is 2.07. The Labute approximate surface area is 137 Å². The highest BCUT2D eigenvalue weighted by Gasteiger charge is 2.49. The maximum absolute atomic E-state index is 13.1. The molecule has 3 nitrogen and oxygen atoms in total. The summed E-state index contributed by atoms with van der Waals surface area (Å²) in [6.07, 6.45) is 5.68. The number of halogens is 1. The lowest BCUT2D eigenvalue weighted by Gasteiger charge is -2.33. The Morgan fingerprint density at radius 1 is 1.09 bits per heavy atom. The van der Waals surface area contributed by atoms with Gasteiger partial charge in [0.1, 0.15) is 5.82 Å². The number of likely N-dealkylation sites (tertiary alicyclic amines) is 2. The molecule has 23 heavy (non-hydrogen) atoms. The van der Waals surface area contributed by atoms with E-state index in [4.69, 9.17) is 0 Å². The van der Waals surface area contributed by atoms with Crippen molar-refractivity contribution in [1.29, 1.82) is 0 Å². The monoisotopic (exact) mass is 316 g/mol. The second kappa shape index (κ2) is 5.90. The summed E-state index contributed by atoms with van der Waals surface area (Å²) in [4.78, 5) is 17.6. The molecule has 0 N–H and O–H groups in total. The normalized spacial score (nSPS) is 34.1. The van der Waals surface area contributed by atoms with Gasteiger partial charge >= 0.3 is 0 Å². The number of hydrogen-bond donors (Lipinski definition) is 0.